The maximum Gasteiger partial charge on any atom is 0.239 e. The van der Waals surface area contributed by atoms with Crippen molar-refractivity contribution >= 4 is 21.8 Å². The van der Waals surface area contributed by atoms with E-state index in [9.17, 15) is 4.79 Å². The number of carbonyl (C=O) groups is 1. The summed E-state index contributed by atoms with van der Waals surface area (Å²) in [6, 6.07) is 0. The molecule has 4 nitrogen and oxygen atoms in total. The molecule has 0 radical (unpaired) electrons. The van der Waals surface area contributed by atoms with E-state index in [1.807, 2.05) is 0 Å². The third-order valence-corrected chi connectivity index (χ3v) is 1.33. The number of amides is 1. The minimum Gasteiger partial charge on any atom is -0.368 e. The predicted molar refractivity (Wildman–Crippen MR) is 39.1 cm³/mol. The smallest absolute Gasteiger partial charge is 0.239 e. The highest BCUT2D eigenvalue weighted by molar-refractivity contribution is 9.10. The first-order valence-electron chi connectivity index (χ1n) is 2.65. The van der Waals surface area contributed by atoms with E-state index in [1.54, 1.807) is 12.4 Å². The van der Waals surface area contributed by atoms with Gasteiger partial charge in [0.25, 0.3) is 0 Å². The molecule has 5 heteroatoms. The number of nitrogens with zero attached hydrogens (tertiary/aromatic N) is 2. The Morgan fingerprint density at radius 2 is 2.60 bits per heavy atom. The van der Waals surface area contributed by atoms with Crippen molar-refractivity contribution in [2.45, 2.75) is 6.54 Å². The Morgan fingerprint density at radius 1 is 1.90 bits per heavy atom. The number of hydrogen-bond donors (Lipinski definition) is 1. The Hall–Kier alpha value is -0.840. The van der Waals surface area contributed by atoms with E-state index < -0.39 is 5.91 Å². The normalized spacial score (nSPS) is 9.70. The fourth-order valence-corrected chi connectivity index (χ4v) is 0.912. The van der Waals surface area contributed by atoms with Gasteiger partial charge in [0.15, 0.2) is 0 Å². The van der Waals surface area contributed by atoms with Crippen LogP contribution in [0.25, 0.3) is 0 Å². The first-order chi connectivity index (χ1) is 4.68. The summed E-state index contributed by atoms with van der Waals surface area (Å²) >= 11 is 3.19. The predicted octanol–water partition coefficient (Wildman–Crippen LogP) is 0.131. The molecule has 1 heterocycles. The average molecular weight is 204 g/mol. The molecule has 1 aromatic rings. The van der Waals surface area contributed by atoms with Gasteiger partial charge in [-0.25, -0.2) is 0 Å². The molecule has 0 saturated carbocycles. The molecule has 10 heavy (non-hydrogen) atoms. The van der Waals surface area contributed by atoms with E-state index in [1.165, 1.54) is 4.68 Å². The first-order valence-corrected chi connectivity index (χ1v) is 3.44. The fraction of sp³-hybridized carbons (Fsp3) is 0.200. The Balaban J connectivity index is 2.67. The van der Waals surface area contributed by atoms with Gasteiger partial charge in [0.2, 0.25) is 5.91 Å². The van der Waals surface area contributed by atoms with Crippen LogP contribution in [0, 0.1) is 0 Å². The van der Waals surface area contributed by atoms with Crippen LogP contribution >= 0.6 is 15.9 Å². The Bertz CT molecular complexity index is 245. The maximum absolute atomic E-state index is 10.3. The van der Waals surface area contributed by atoms with Crippen molar-refractivity contribution in [1.29, 1.82) is 0 Å². The molecule has 2 N–H and O–H groups in total. The highest BCUT2D eigenvalue weighted by Gasteiger charge is 1.97. The molecule has 0 aliphatic rings. The van der Waals surface area contributed by atoms with Gasteiger partial charge in [0.05, 0.1) is 10.7 Å². The van der Waals surface area contributed by atoms with E-state index in [2.05, 4.69) is 21.0 Å². The van der Waals surface area contributed by atoms with E-state index in [0.29, 0.717) is 0 Å². The molecular formula is C5H6BrN3O. The standard InChI is InChI=1S/C5H6BrN3O/c6-4-1-8-9(2-4)3-5(7)10/h1-2H,3H2,(H2,7,10). The minimum atomic E-state index is -0.393. The van der Waals surface area contributed by atoms with Crippen molar-refractivity contribution in [1.82, 2.24) is 9.78 Å². The van der Waals surface area contributed by atoms with Gasteiger partial charge in [-0.05, 0) is 15.9 Å². The molecule has 0 aromatic carbocycles. The third-order valence-electron chi connectivity index (χ3n) is 0.920. The molecule has 0 aliphatic carbocycles. The molecule has 0 bridgehead atoms. The molecule has 0 saturated heterocycles. The lowest BCUT2D eigenvalue weighted by atomic mass is 10.6. The van der Waals surface area contributed by atoms with Crippen LogP contribution in [0.3, 0.4) is 0 Å². The molecule has 0 spiro atoms. The largest absolute Gasteiger partial charge is 0.368 e. The third kappa shape index (κ3) is 1.84. The van der Waals surface area contributed by atoms with Crippen molar-refractivity contribution in [2.24, 2.45) is 5.73 Å². The van der Waals surface area contributed by atoms with Crippen molar-refractivity contribution in [3.63, 3.8) is 0 Å². The van der Waals surface area contributed by atoms with Gasteiger partial charge < -0.3 is 5.73 Å². The molecule has 0 fully saturated rings. The van der Waals surface area contributed by atoms with Crippen molar-refractivity contribution in [3.05, 3.63) is 16.9 Å². The summed E-state index contributed by atoms with van der Waals surface area (Å²) in [5, 5.41) is 3.82. The zero-order valence-corrected chi connectivity index (χ0v) is 6.71. The second-order valence-corrected chi connectivity index (χ2v) is 2.74. The highest BCUT2D eigenvalue weighted by Crippen LogP contribution is 2.05. The van der Waals surface area contributed by atoms with Gasteiger partial charge in [-0.3, -0.25) is 9.48 Å². The quantitative estimate of drug-likeness (QED) is 0.744. The Kier molecular flexibility index (Phi) is 2.06. The molecule has 1 aromatic heterocycles. The van der Waals surface area contributed by atoms with Gasteiger partial charge in [-0.1, -0.05) is 0 Å². The van der Waals surface area contributed by atoms with Crippen LogP contribution in [0.1, 0.15) is 0 Å². The Morgan fingerprint density at radius 3 is 3.00 bits per heavy atom. The van der Waals surface area contributed by atoms with Crippen LogP contribution in [0.5, 0.6) is 0 Å². The Labute approximate surface area is 66.1 Å². The van der Waals surface area contributed by atoms with Gasteiger partial charge in [0.1, 0.15) is 6.54 Å². The SMILES string of the molecule is NC(=O)Cn1cc(Br)cn1. The van der Waals surface area contributed by atoms with E-state index in [4.69, 9.17) is 5.73 Å². The van der Waals surface area contributed by atoms with Crippen LogP contribution in [-0.2, 0) is 11.3 Å². The number of aromatic nitrogens is 2. The molecule has 0 unspecified atom stereocenters. The molecule has 1 amide bonds. The highest BCUT2D eigenvalue weighted by atomic mass is 79.9. The van der Waals surface area contributed by atoms with Crippen LogP contribution in [-0.4, -0.2) is 15.7 Å². The minimum absolute atomic E-state index is 0.131. The second-order valence-electron chi connectivity index (χ2n) is 1.82. The van der Waals surface area contributed by atoms with Crippen LogP contribution in [0.15, 0.2) is 16.9 Å². The molecule has 0 atom stereocenters. The number of nitrogens with two attached hydrogens (primary N) is 1. The summed E-state index contributed by atoms with van der Waals surface area (Å²) in [6.45, 7) is 0.131. The number of rotatable bonds is 2. The van der Waals surface area contributed by atoms with Gasteiger partial charge in [0, 0.05) is 6.20 Å². The number of hydrogen-bond acceptors (Lipinski definition) is 2. The molecular weight excluding hydrogens is 198 g/mol. The maximum atomic E-state index is 10.3. The summed E-state index contributed by atoms with van der Waals surface area (Å²) in [6.07, 6.45) is 3.29. The number of carbonyl (C=O) groups excluding carboxylic acids is 1. The van der Waals surface area contributed by atoms with E-state index >= 15 is 0 Å². The summed E-state index contributed by atoms with van der Waals surface area (Å²) < 4.78 is 2.31. The van der Waals surface area contributed by atoms with Gasteiger partial charge in [-0.15, -0.1) is 0 Å². The summed E-state index contributed by atoms with van der Waals surface area (Å²) in [5.41, 5.74) is 4.92. The molecule has 1 rings (SSSR count). The second kappa shape index (κ2) is 2.83. The van der Waals surface area contributed by atoms with Crippen molar-refractivity contribution in [2.75, 3.05) is 0 Å². The first kappa shape index (κ1) is 7.27. The van der Waals surface area contributed by atoms with Crippen LogP contribution in [0.2, 0.25) is 0 Å². The van der Waals surface area contributed by atoms with E-state index in [-0.39, 0.29) is 6.54 Å². The number of halogens is 1. The lowest BCUT2D eigenvalue weighted by Crippen LogP contribution is -2.18. The lowest BCUT2D eigenvalue weighted by Gasteiger charge is -1.92. The zero-order valence-electron chi connectivity index (χ0n) is 5.12. The van der Waals surface area contributed by atoms with E-state index in [0.717, 1.165) is 4.47 Å². The summed E-state index contributed by atoms with van der Waals surface area (Å²) in [5.74, 6) is -0.393. The average Bonchev–Trinajstić information content (AvgIpc) is 2.13. The zero-order chi connectivity index (χ0) is 7.56. The number of primary amides is 1. The van der Waals surface area contributed by atoms with Crippen LogP contribution < -0.4 is 5.73 Å². The summed E-state index contributed by atoms with van der Waals surface area (Å²) in [7, 11) is 0. The molecule has 54 valence electrons. The fourth-order valence-electron chi connectivity index (χ4n) is 0.584. The van der Waals surface area contributed by atoms with Crippen molar-refractivity contribution < 1.29 is 4.79 Å². The topological polar surface area (TPSA) is 60.9 Å². The van der Waals surface area contributed by atoms with Gasteiger partial charge in [-0.2, -0.15) is 5.10 Å². The van der Waals surface area contributed by atoms with Crippen LogP contribution in [0.4, 0.5) is 0 Å². The van der Waals surface area contributed by atoms with Gasteiger partial charge >= 0.3 is 0 Å². The van der Waals surface area contributed by atoms with Crippen molar-refractivity contribution in [3.8, 4) is 0 Å². The lowest BCUT2D eigenvalue weighted by molar-refractivity contribution is -0.118. The summed E-state index contributed by atoms with van der Waals surface area (Å²) in [4.78, 5) is 10.3. The molecule has 0 aliphatic heterocycles. The monoisotopic (exact) mass is 203 g/mol.